The SMILES string of the molecule is CCNC(=O)Nc1cc(-n2cc(C(F)(F)F)cn2)c(Br)cn1. The third kappa shape index (κ3) is 3.75. The van der Waals surface area contributed by atoms with Crippen LogP contribution in [0.1, 0.15) is 12.5 Å². The standard InChI is InChI=1S/C12H11BrF3N5O/c1-2-17-11(22)20-10-3-9(8(13)5-18-10)21-6-7(4-19-21)12(14,15)16/h3-6H,2H2,1H3,(H2,17,18,20,22). The fourth-order valence-corrected chi connectivity index (χ4v) is 1.99. The van der Waals surface area contributed by atoms with Crippen molar-refractivity contribution in [2.24, 2.45) is 0 Å². The lowest BCUT2D eigenvalue weighted by Gasteiger charge is -2.09. The molecule has 0 aliphatic heterocycles. The number of alkyl halides is 3. The van der Waals surface area contributed by atoms with Gasteiger partial charge in [-0.25, -0.2) is 14.5 Å². The molecule has 10 heteroatoms. The molecule has 2 amide bonds. The Morgan fingerprint density at radius 1 is 1.41 bits per heavy atom. The zero-order chi connectivity index (χ0) is 16.3. The minimum absolute atomic E-state index is 0.188. The quantitative estimate of drug-likeness (QED) is 0.862. The number of carbonyl (C=O) groups is 1. The van der Waals surface area contributed by atoms with E-state index in [1.54, 1.807) is 6.92 Å². The molecule has 2 rings (SSSR count). The molecular weight excluding hydrogens is 367 g/mol. The number of aromatic nitrogens is 3. The van der Waals surface area contributed by atoms with Crippen LogP contribution < -0.4 is 10.6 Å². The van der Waals surface area contributed by atoms with E-state index in [0.29, 0.717) is 16.7 Å². The maximum Gasteiger partial charge on any atom is 0.419 e. The Morgan fingerprint density at radius 3 is 2.73 bits per heavy atom. The fourth-order valence-electron chi connectivity index (χ4n) is 1.59. The molecule has 22 heavy (non-hydrogen) atoms. The summed E-state index contributed by atoms with van der Waals surface area (Å²) in [5, 5.41) is 8.67. The fraction of sp³-hybridized carbons (Fsp3) is 0.250. The van der Waals surface area contributed by atoms with Gasteiger partial charge in [0.05, 0.1) is 21.9 Å². The predicted molar refractivity (Wildman–Crippen MR) is 76.8 cm³/mol. The summed E-state index contributed by atoms with van der Waals surface area (Å²) < 4.78 is 39.3. The van der Waals surface area contributed by atoms with Crippen molar-refractivity contribution in [1.29, 1.82) is 0 Å². The third-order valence-corrected chi connectivity index (χ3v) is 3.18. The van der Waals surface area contributed by atoms with Gasteiger partial charge in [0.15, 0.2) is 0 Å². The van der Waals surface area contributed by atoms with Gasteiger partial charge >= 0.3 is 12.2 Å². The van der Waals surface area contributed by atoms with Gasteiger partial charge in [0, 0.05) is 25.0 Å². The molecule has 0 atom stereocenters. The minimum atomic E-state index is -4.47. The van der Waals surface area contributed by atoms with Crippen LogP contribution in [0.15, 0.2) is 29.1 Å². The largest absolute Gasteiger partial charge is 0.419 e. The molecule has 0 aromatic carbocycles. The van der Waals surface area contributed by atoms with Crippen LogP contribution in [0.5, 0.6) is 0 Å². The number of carbonyl (C=O) groups excluding carboxylic acids is 1. The molecule has 0 saturated carbocycles. The summed E-state index contributed by atoms with van der Waals surface area (Å²) in [6.45, 7) is 2.19. The molecule has 2 aromatic heterocycles. The lowest BCUT2D eigenvalue weighted by molar-refractivity contribution is -0.137. The molecule has 6 nitrogen and oxygen atoms in total. The molecule has 0 aliphatic carbocycles. The van der Waals surface area contributed by atoms with Gasteiger partial charge in [-0.05, 0) is 22.9 Å². The maximum atomic E-state index is 12.6. The van der Waals surface area contributed by atoms with E-state index in [4.69, 9.17) is 0 Å². The first-order chi connectivity index (χ1) is 10.3. The van der Waals surface area contributed by atoms with Gasteiger partial charge in [0.2, 0.25) is 0 Å². The Balaban J connectivity index is 2.30. The van der Waals surface area contributed by atoms with Crippen LogP contribution in [-0.2, 0) is 6.18 Å². The summed E-state index contributed by atoms with van der Waals surface area (Å²) in [4.78, 5) is 15.4. The van der Waals surface area contributed by atoms with Crippen LogP contribution in [0.4, 0.5) is 23.8 Å². The lowest BCUT2D eigenvalue weighted by atomic mass is 10.3. The van der Waals surface area contributed by atoms with Crippen LogP contribution in [-0.4, -0.2) is 27.3 Å². The molecule has 0 aliphatic rings. The molecule has 0 fully saturated rings. The average molecular weight is 378 g/mol. The van der Waals surface area contributed by atoms with Crippen molar-refractivity contribution >= 4 is 27.8 Å². The second-order valence-electron chi connectivity index (χ2n) is 4.18. The molecule has 0 saturated heterocycles. The van der Waals surface area contributed by atoms with Crippen LogP contribution in [0.2, 0.25) is 0 Å². The first kappa shape index (κ1) is 16.3. The van der Waals surface area contributed by atoms with Gasteiger partial charge in [-0.3, -0.25) is 5.32 Å². The van der Waals surface area contributed by atoms with E-state index in [9.17, 15) is 18.0 Å². The Kier molecular flexibility index (Phi) is 4.69. The summed E-state index contributed by atoms with van der Waals surface area (Å²) in [7, 11) is 0. The Labute approximate surface area is 131 Å². The van der Waals surface area contributed by atoms with Crippen molar-refractivity contribution < 1.29 is 18.0 Å². The number of nitrogens with one attached hydrogen (secondary N) is 2. The topological polar surface area (TPSA) is 71.8 Å². The molecule has 0 radical (unpaired) electrons. The summed E-state index contributed by atoms with van der Waals surface area (Å²) in [6.07, 6.45) is -1.52. The molecule has 118 valence electrons. The maximum absolute atomic E-state index is 12.6. The van der Waals surface area contributed by atoms with Crippen molar-refractivity contribution in [1.82, 2.24) is 20.1 Å². The number of pyridine rings is 1. The summed E-state index contributed by atoms with van der Waals surface area (Å²) >= 11 is 3.19. The van der Waals surface area contributed by atoms with Gasteiger partial charge in [-0.2, -0.15) is 18.3 Å². The number of rotatable bonds is 3. The molecule has 2 heterocycles. The van der Waals surface area contributed by atoms with E-state index in [1.165, 1.54) is 12.3 Å². The lowest BCUT2D eigenvalue weighted by Crippen LogP contribution is -2.28. The van der Waals surface area contributed by atoms with Gasteiger partial charge < -0.3 is 5.32 Å². The van der Waals surface area contributed by atoms with E-state index >= 15 is 0 Å². The Hall–Kier alpha value is -2.10. The van der Waals surface area contributed by atoms with Crippen molar-refractivity contribution in [3.63, 3.8) is 0 Å². The summed E-state index contributed by atoms with van der Waals surface area (Å²) in [5.41, 5.74) is -0.549. The van der Waals surface area contributed by atoms with Crippen molar-refractivity contribution in [3.05, 3.63) is 34.7 Å². The van der Waals surface area contributed by atoms with Crippen LogP contribution in [0.25, 0.3) is 5.69 Å². The molecular formula is C12H11BrF3N5O. The van der Waals surface area contributed by atoms with Crippen molar-refractivity contribution in [3.8, 4) is 5.69 Å². The Bertz CT molecular complexity index is 686. The first-order valence-corrected chi connectivity index (χ1v) is 6.93. The molecule has 2 aromatic rings. The highest BCUT2D eigenvalue weighted by molar-refractivity contribution is 9.10. The predicted octanol–water partition coefficient (Wildman–Crippen LogP) is 3.19. The Morgan fingerprint density at radius 2 is 2.14 bits per heavy atom. The van der Waals surface area contributed by atoms with Gasteiger partial charge in [0.25, 0.3) is 0 Å². The van der Waals surface area contributed by atoms with E-state index in [2.05, 4.69) is 36.6 Å². The first-order valence-electron chi connectivity index (χ1n) is 6.14. The molecule has 0 unspecified atom stereocenters. The minimum Gasteiger partial charge on any atom is -0.338 e. The van der Waals surface area contributed by atoms with E-state index in [0.717, 1.165) is 17.1 Å². The van der Waals surface area contributed by atoms with Crippen LogP contribution in [0, 0.1) is 0 Å². The molecule has 2 N–H and O–H groups in total. The van der Waals surface area contributed by atoms with E-state index in [1.807, 2.05) is 0 Å². The normalized spacial score (nSPS) is 11.3. The van der Waals surface area contributed by atoms with Gasteiger partial charge in [-0.15, -0.1) is 0 Å². The highest BCUT2D eigenvalue weighted by atomic mass is 79.9. The van der Waals surface area contributed by atoms with Crippen molar-refractivity contribution in [2.75, 3.05) is 11.9 Å². The van der Waals surface area contributed by atoms with Crippen LogP contribution >= 0.6 is 15.9 Å². The van der Waals surface area contributed by atoms with Gasteiger partial charge in [0.1, 0.15) is 5.82 Å². The smallest absolute Gasteiger partial charge is 0.338 e. The number of hydrogen-bond donors (Lipinski definition) is 2. The second-order valence-corrected chi connectivity index (χ2v) is 5.03. The molecule has 0 bridgehead atoms. The zero-order valence-electron chi connectivity index (χ0n) is 11.3. The number of nitrogens with zero attached hydrogens (tertiary/aromatic N) is 3. The second kappa shape index (κ2) is 6.34. The van der Waals surface area contributed by atoms with Crippen molar-refractivity contribution in [2.45, 2.75) is 13.1 Å². The highest BCUT2D eigenvalue weighted by Gasteiger charge is 2.32. The number of hydrogen-bond acceptors (Lipinski definition) is 3. The monoisotopic (exact) mass is 377 g/mol. The molecule has 0 spiro atoms. The zero-order valence-corrected chi connectivity index (χ0v) is 12.9. The van der Waals surface area contributed by atoms with Gasteiger partial charge in [-0.1, -0.05) is 0 Å². The van der Waals surface area contributed by atoms with E-state index < -0.39 is 17.8 Å². The van der Waals surface area contributed by atoms with Crippen LogP contribution in [0.3, 0.4) is 0 Å². The number of halogens is 4. The number of urea groups is 1. The third-order valence-electron chi connectivity index (χ3n) is 2.57. The van der Waals surface area contributed by atoms with E-state index in [-0.39, 0.29) is 5.82 Å². The summed E-state index contributed by atoms with van der Waals surface area (Å²) in [6, 6.07) is 0.951. The average Bonchev–Trinajstić information content (AvgIpc) is 2.90. The number of anilines is 1. The summed E-state index contributed by atoms with van der Waals surface area (Å²) in [5.74, 6) is 0.188. The highest BCUT2D eigenvalue weighted by Crippen LogP contribution is 2.30. The number of amides is 2.